The molecule has 1 aromatic heterocycles. The maximum atomic E-state index is 13.1. The Morgan fingerprint density at radius 2 is 1.92 bits per heavy atom. The minimum Gasteiger partial charge on any atom is -0.497 e. The van der Waals surface area contributed by atoms with E-state index < -0.39 is 5.41 Å². The zero-order valence-corrected chi connectivity index (χ0v) is 14.9. The van der Waals surface area contributed by atoms with Crippen LogP contribution in [-0.4, -0.2) is 26.2 Å². The fraction of sp³-hybridized carbons (Fsp3) is 0.421. The van der Waals surface area contributed by atoms with E-state index in [1.54, 1.807) is 18.4 Å². The lowest BCUT2D eigenvalue weighted by molar-refractivity contribution is -0.130. The summed E-state index contributed by atoms with van der Waals surface area (Å²) in [4.78, 5) is 15.5. The molecule has 1 N–H and O–H groups in total. The number of amides is 1. The Morgan fingerprint density at radius 3 is 2.50 bits per heavy atom. The molecule has 0 bridgehead atoms. The fourth-order valence-electron chi connectivity index (χ4n) is 3.19. The predicted octanol–water partition coefficient (Wildman–Crippen LogP) is 3.43. The summed E-state index contributed by atoms with van der Waals surface area (Å²) in [6.45, 7) is 3.87. The smallest absolute Gasteiger partial charge is 0.231 e. The summed E-state index contributed by atoms with van der Waals surface area (Å²) in [5, 5.41) is 3.13. The lowest BCUT2D eigenvalue weighted by atomic mass is 9.73. The lowest BCUT2D eigenvalue weighted by Crippen LogP contribution is -2.47. The first-order valence-corrected chi connectivity index (χ1v) is 9.01. The minimum atomic E-state index is -0.517. The van der Waals surface area contributed by atoms with Gasteiger partial charge >= 0.3 is 0 Å². The topological polar surface area (TPSA) is 47.6 Å². The van der Waals surface area contributed by atoms with Crippen LogP contribution in [-0.2, 0) is 21.5 Å². The Morgan fingerprint density at radius 1 is 1.21 bits per heavy atom. The molecule has 0 radical (unpaired) electrons. The number of thiophene rings is 1. The van der Waals surface area contributed by atoms with Crippen molar-refractivity contribution >= 4 is 17.2 Å². The second-order valence-corrected chi connectivity index (χ2v) is 7.49. The first-order valence-electron chi connectivity index (χ1n) is 8.20. The number of hydrogen-bond acceptors (Lipinski definition) is 4. The molecule has 0 saturated carbocycles. The van der Waals surface area contributed by atoms with Crippen LogP contribution in [0.4, 0.5) is 0 Å². The molecule has 2 heterocycles. The normalized spacial score (nSPS) is 16.6. The van der Waals surface area contributed by atoms with E-state index in [-0.39, 0.29) is 5.91 Å². The predicted molar refractivity (Wildman–Crippen MR) is 95.6 cm³/mol. The molecular weight excluding hydrogens is 322 g/mol. The number of hydrogen-bond donors (Lipinski definition) is 1. The van der Waals surface area contributed by atoms with Gasteiger partial charge in [0.15, 0.2) is 0 Å². The van der Waals surface area contributed by atoms with Crippen LogP contribution in [0.1, 0.15) is 28.2 Å². The van der Waals surface area contributed by atoms with E-state index in [2.05, 4.69) is 24.4 Å². The SMILES string of the molecule is COc1ccc(C2(C(=O)NCc3ccc(C)s3)CCOCC2)cc1. The Balaban J connectivity index is 1.80. The molecule has 0 unspecified atom stereocenters. The molecule has 0 atom stereocenters. The van der Waals surface area contributed by atoms with E-state index >= 15 is 0 Å². The fourth-order valence-corrected chi connectivity index (χ4v) is 4.02. The number of methoxy groups -OCH3 is 1. The molecule has 1 aliphatic heterocycles. The molecule has 3 rings (SSSR count). The maximum Gasteiger partial charge on any atom is 0.231 e. The van der Waals surface area contributed by atoms with Gasteiger partial charge in [-0.3, -0.25) is 4.79 Å². The van der Waals surface area contributed by atoms with Crippen molar-refractivity contribution in [2.75, 3.05) is 20.3 Å². The number of benzene rings is 1. The zero-order valence-electron chi connectivity index (χ0n) is 14.1. The monoisotopic (exact) mass is 345 g/mol. The van der Waals surface area contributed by atoms with Crippen molar-refractivity contribution in [3.8, 4) is 5.75 Å². The average molecular weight is 345 g/mol. The van der Waals surface area contributed by atoms with Crippen LogP contribution in [0.5, 0.6) is 5.75 Å². The highest BCUT2D eigenvalue weighted by Gasteiger charge is 2.41. The molecule has 1 amide bonds. The number of nitrogens with one attached hydrogen (secondary N) is 1. The first kappa shape index (κ1) is 17.0. The molecule has 4 nitrogen and oxygen atoms in total. The van der Waals surface area contributed by atoms with E-state index in [0.717, 1.165) is 11.3 Å². The Labute approximate surface area is 146 Å². The van der Waals surface area contributed by atoms with E-state index in [1.165, 1.54) is 9.75 Å². The summed E-state index contributed by atoms with van der Waals surface area (Å²) < 4.78 is 10.7. The second kappa shape index (κ2) is 7.36. The van der Waals surface area contributed by atoms with Crippen molar-refractivity contribution in [1.82, 2.24) is 5.32 Å². The van der Waals surface area contributed by atoms with Crippen molar-refractivity contribution in [3.05, 3.63) is 51.7 Å². The second-order valence-electron chi connectivity index (χ2n) is 6.12. The van der Waals surface area contributed by atoms with Crippen LogP contribution in [0.25, 0.3) is 0 Å². The summed E-state index contributed by atoms with van der Waals surface area (Å²) >= 11 is 1.72. The lowest BCUT2D eigenvalue weighted by Gasteiger charge is -2.36. The van der Waals surface area contributed by atoms with E-state index in [4.69, 9.17) is 9.47 Å². The van der Waals surface area contributed by atoms with Crippen LogP contribution >= 0.6 is 11.3 Å². The van der Waals surface area contributed by atoms with Gasteiger partial charge in [0.1, 0.15) is 5.75 Å². The van der Waals surface area contributed by atoms with Crippen LogP contribution < -0.4 is 10.1 Å². The summed E-state index contributed by atoms with van der Waals surface area (Å²) in [5.41, 5.74) is 0.517. The Kier molecular flexibility index (Phi) is 5.21. The van der Waals surface area contributed by atoms with Crippen LogP contribution in [0.2, 0.25) is 0 Å². The third-order valence-electron chi connectivity index (χ3n) is 4.64. The standard InChI is InChI=1S/C19H23NO3S/c1-14-3-8-17(24-14)13-20-18(21)19(9-11-23-12-10-19)15-4-6-16(22-2)7-5-15/h3-8H,9-13H2,1-2H3,(H,20,21). The molecule has 128 valence electrons. The summed E-state index contributed by atoms with van der Waals surface area (Å²) in [5.74, 6) is 0.887. The van der Waals surface area contributed by atoms with Crippen LogP contribution in [0.15, 0.2) is 36.4 Å². The van der Waals surface area contributed by atoms with Gasteiger partial charge in [0.25, 0.3) is 0 Å². The van der Waals surface area contributed by atoms with Crippen molar-refractivity contribution in [2.45, 2.75) is 31.7 Å². The summed E-state index contributed by atoms with van der Waals surface area (Å²) in [6, 6.07) is 12.0. The largest absolute Gasteiger partial charge is 0.497 e. The van der Waals surface area contributed by atoms with Gasteiger partial charge < -0.3 is 14.8 Å². The van der Waals surface area contributed by atoms with Crippen molar-refractivity contribution in [3.63, 3.8) is 0 Å². The summed E-state index contributed by atoms with van der Waals surface area (Å²) in [7, 11) is 1.65. The highest BCUT2D eigenvalue weighted by atomic mass is 32.1. The molecule has 1 saturated heterocycles. The van der Waals surface area contributed by atoms with Crippen molar-refractivity contribution in [1.29, 1.82) is 0 Å². The van der Waals surface area contributed by atoms with Crippen LogP contribution in [0, 0.1) is 6.92 Å². The highest BCUT2D eigenvalue weighted by molar-refractivity contribution is 7.11. The molecule has 24 heavy (non-hydrogen) atoms. The number of carbonyl (C=O) groups excluding carboxylic acids is 1. The highest BCUT2D eigenvalue weighted by Crippen LogP contribution is 2.36. The number of aryl methyl sites for hydroxylation is 1. The van der Waals surface area contributed by atoms with Gasteiger partial charge in [0.05, 0.1) is 19.1 Å². The van der Waals surface area contributed by atoms with Crippen molar-refractivity contribution in [2.24, 2.45) is 0 Å². The first-order chi connectivity index (χ1) is 11.6. The van der Waals surface area contributed by atoms with Gasteiger partial charge in [-0.1, -0.05) is 12.1 Å². The van der Waals surface area contributed by atoms with Gasteiger partial charge in [0, 0.05) is 23.0 Å². The average Bonchev–Trinajstić information content (AvgIpc) is 3.05. The van der Waals surface area contributed by atoms with E-state index in [0.29, 0.717) is 32.6 Å². The van der Waals surface area contributed by atoms with Gasteiger partial charge in [-0.15, -0.1) is 11.3 Å². The third-order valence-corrected chi connectivity index (χ3v) is 5.64. The summed E-state index contributed by atoms with van der Waals surface area (Å²) in [6.07, 6.45) is 1.41. The molecule has 1 fully saturated rings. The third kappa shape index (κ3) is 3.47. The van der Waals surface area contributed by atoms with Crippen LogP contribution in [0.3, 0.4) is 0 Å². The molecule has 5 heteroatoms. The Hall–Kier alpha value is -1.85. The molecule has 2 aromatic rings. The maximum absolute atomic E-state index is 13.1. The quantitative estimate of drug-likeness (QED) is 0.903. The molecule has 1 aromatic carbocycles. The molecule has 0 aliphatic carbocycles. The number of carbonyl (C=O) groups is 1. The molecule has 0 spiro atoms. The minimum absolute atomic E-state index is 0.0852. The zero-order chi connectivity index (χ0) is 17.0. The van der Waals surface area contributed by atoms with E-state index in [9.17, 15) is 4.79 Å². The van der Waals surface area contributed by atoms with Gasteiger partial charge in [-0.05, 0) is 49.6 Å². The Bertz CT molecular complexity index is 687. The van der Waals surface area contributed by atoms with Gasteiger partial charge in [0.2, 0.25) is 5.91 Å². The van der Waals surface area contributed by atoms with E-state index in [1.807, 2.05) is 24.3 Å². The van der Waals surface area contributed by atoms with Gasteiger partial charge in [-0.25, -0.2) is 0 Å². The molecular formula is C19H23NO3S. The molecule has 1 aliphatic rings. The van der Waals surface area contributed by atoms with Gasteiger partial charge in [-0.2, -0.15) is 0 Å². The number of ether oxygens (including phenoxy) is 2. The number of rotatable bonds is 5. The van der Waals surface area contributed by atoms with Crippen molar-refractivity contribution < 1.29 is 14.3 Å².